The fraction of sp³-hybridized carbons (Fsp3) is 0.625. The van der Waals surface area contributed by atoms with Crippen molar-refractivity contribution in [2.24, 2.45) is 0 Å². The number of benzene rings is 1. The van der Waals surface area contributed by atoms with E-state index >= 15 is 0 Å². The third kappa shape index (κ3) is 4.97. The molecule has 1 N–H and O–H groups in total. The Morgan fingerprint density at radius 3 is 2.70 bits per heavy atom. The Kier molecular flexibility index (Phi) is 7.97. The third-order valence-electron chi connectivity index (χ3n) is 3.28. The van der Waals surface area contributed by atoms with Gasteiger partial charge in [-0.3, -0.25) is 0 Å². The maximum Gasteiger partial charge on any atom is 0.0587 e. The molecule has 0 aromatic heterocycles. The molecular weight excluding hydrogens is 272 g/mol. The molecule has 0 aliphatic rings. The van der Waals surface area contributed by atoms with Crippen molar-refractivity contribution in [3.05, 3.63) is 28.8 Å². The topological polar surface area (TPSA) is 24.5 Å². The van der Waals surface area contributed by atoms with Crippen LogP contribution in [0.15, 0.2) is 18.2 Å². The molecule has 1 aromatic rings. The van der Waals surface area contributed by atoms with Crippen LogP contribution < -0.4 is 10.2 Å². The minimum atomic E-state index is 0.464. The molecule has 0 atom stereocenters. The van der Waals surface area contributed by atoms with Crippen LogP contribution in [0.5, 0.6) is 0 Å². The van der Waals surface area contributed by atoms with E-state index in [4.69, 9.17) is 16.3 Å². The smallest absolute Gasteiger partial charge is 0.0587 e. The number of rotatable bonds is 9. The van der Waals surface area contributed by atoms with Crippen molar-refractivity contribution in [3.63, 3.8) is 0 Å². The van der Waals surface area contributed by atoms with Gasteiger partial charge in [0.15, 0.2) is 0 Å². The standard InChI is InChI=1S/C16H27ClN2O/c1-5-10-19(13(2)3)16-8-6-7-15(17)14(16)12-18-9-11-20-4/h6-8,13,18H,5,9-12H2,1-4H3. The zero-order chi connectivity index (χ0) is 15.0. The number of methoxy groups -OCH3 is 1. The predicted octanol–water partition coefficient (Wildman–Crippen LogP) is 3.70. The fourth-order valence-electron chi connectivity index (χ4n) is 2.28. The Balaban J connectivity index is 2.90. The number of nitrogens with zero attached hydrogens (tertiary/aromatic N) is 1. The van der Waals surface area contributed by atoms with E-state index in [9.17, 15) is 0 Å². The van der Waals surface area contributed by atoms with Gasteiger partial charge in [0.2, 0.25) is 0 Å². The minimum absolute atomic E-state index is 0.464. The maximum atomic E-state index is 6.39. The molecule has 0 radical (unpaired) electrons. The summed E-state index contributed by atoms with van der Waals surface area (Å²) in [4.78, 5) is 2.42. The highest BCUT2D eigenvalue weighted by Gasteiger charge is 2.15. The molecule has 0 saturated carbocycles. The molecular formula is C16H27ClN2O. The Bertz CT molecular complexity index is 396. The normalized spacial score (nSPS) is 11.1. The van der Waals surface area contributed by atoms with Gasteiger partial charge in [0.1, 0.15) is 0 Å². The van der Waals surface area contributed by atoms with Gasteiger partial charge in [-0.05, 0) is 32.4 Å². The van der Waals surface area contributed by atoms with Crippen molar-refractivity contribution in [2.75, 3.05) is 31.7 Å². The number of nitrogens with one attached hydrogen (secondary N) is 1. The SMILES string of the molecule is CCCN(c1cccc(Cl)c1CNCCOC)C(C)C. The first-order valence-electron chi connectivity index (χ1n) is 7.35. The van der Waals surface area contributed by atoms with E-state index in [0.717, 1.165) is 31.1 Å². The average Bonchev–Trinajstić information content (AvgIpc) is 2.42. The summed E-state index contributed by atoms with van der Waals surface area (Å²) in [5, 5.41) is 4.21. The molecule has 0 heterocycles. The van der Waals surface area contributed by atoms with Crippen LogP contribution in [0.1, 0.15) is 32.8 Å². The summed E-state index contributed by atoms with van der Waals surface area (Å²) in [6, 6.07) is 6.62. The highest BCUT2D eigenvalue weighted by Crippen LogP contribution is 2.29. The van der Waals surface area contributed by atoms with Crippen molar-refractivity contribution < 1.29 is 4.74 Å². The monoisotopic (exact) mass is 298 g/mol. The minimum Gasteiger partial charge on any atom is -0.383 e. The van der Waals surface area contributed by atoms with Crippen molar-refractivity contribution in [1.82, 2.24) is 5.32 Å². The van der Waals surface area contributed by atoms with E-state index in [0.29, 0.717) is 12.6 Å². The van der Waals surface area contributed by atoms with Gasteiger partial charge in [0.05, 0.1) is 6.61 Å². The van der Waals surface area contributed by atoms with Gasteiger partial charge in [-0.1, -0.05) is 24.6 Å². The molecule has 0 saturated heterocycles. The summed E-state index contributed by atoms with van der Waals surface area (Å²) in [6.07, 6.45) is 1.13. The van der Waals surface area contributed by atoms with Gasteiger partial charge < -0.3 is 15.0 Å². The zero-order valence-corrected chi connectivity index (χ0v) is 13.8. The molecule has 0 bridgehead atoms. The lowest BCUT2D eigenvalue weighted by molar-refractivity contribution is 0.199. The van der Waals surface area contributed by atoms with Gasteiger partial charge in [0.25, 0.3) is 0 Å². The molecule has 0 aliphatic heterocycles. The molecule has 114 valence electrons. The van der Waals surface area contributed by atoms with Crippen LogP contribution in [0.3, 0.4) is 0 Å². The lowest BCUT2D eigenvalue weighted by atomic mass is 10.1. The molecule has 1 rings (SSSR count). The second-order valence-electron chi connectivity index (χ2n) is 5.19. The van der Waals surface area contributed by atoms with Crippen LogP contribution in [0.2, 0.25) is 5.02 Å². The molecule has 1 aromatic carbocycles. The van der Waals surface area contributed by atoms with Gasteiger partial charge in [0, 0.05) is 49.1 Å². The molecule has 20 heavy (non-hydrogen) atoms. The van der Waals surface area contributed by atoms with Crippen LogP contribution in [0, 0.1) is 0 Å². The summed E-state index contributed by atoms with van der Waals surface area (Å²) in [6.45, 7) is 10.0. The first-order chi connectivity index (χ1) is 9.61. The Hall–Kier alpha value is -0.770. The summed E-state index contributed by atoms with van der Waals surface area (Å²) in [5.74, 6) is 0. The Morgan fingerprint density at radius 2 is 2.10 bits per heavy atom. The van der Waals surface area contributed by atoms with Gasteiger partial charge in [-0.2, -0.15) is 0 Å². The number of ether oxygens (including phenoxy) is 1. The second kappa shape index (κ2) is 9.22. The molecule has 4 heteroatoms. The largest absolute Gasteiger partial charge is 0.383 e. The number of halogens is 1. The van der Waals surface area contributed by atoms with Crippen LogP contribution in [0.4, 0.5) is 5.69 Å². The van der Waals surface area contributed by atoms with Gasteiger partial charge in [-0.15, -0.1) is 0 Å². The molecule has 0 unspecified atom stereocenters. The fourth-order valence-corrected chi connectivity index (χ4v) is 2.51. The van der Waals surface area contributed by atoms with E-state index < -0.39 is 0 Å². The first kappa shape index (κ1) is 17.3. The quantitative estimate of drug-likeness (QED) is 0.704. The first-order valence-corrected chi connectivity index (χ1v) is 7.73. The van der Waals surface area contributed by atoms with Crippen molar-refractivity contribution in [2.45, 2.75) is 39.8 Å². The molecule has 0 aliphatic carbocycles. The van der Waals surface area contributed by atoms with Crippen LogP contribution in [-0.2, 0) is 11.3 Å². The Morgan fingerprint density at radius 1 is 1.35 bits per heavy atom. The van der Waals surface area contributed by atoms with Crippen molar-refractivity contribution in [1.29, 1.82) is 0 Å². The maximum absolute atomic E-state index is 6.39. The summed E-state index contributed by atoms with van der Waals surface area (Å²) in [7, 11) is 1.71. The van der Waals surface area contributed by atoms with E-state index in [1.165, 1.54) is 11.3 Å². The summed E-state index contributed by atoms with van der Waals surface area (Å²) >= 11 is 6.39. The van der Waals surface area contributed by atoms with E-state index in [2.05, 4.69) is 37.1 Å². The number of hydrogen-bond donors (Lipinski definition) is 1. The summed E-state index contributed by atoms with van der Waals surface area (Å²) in [5.41, 5.74) is 2.41. The predicted molar refractivity (Wildman–Crippen MR) is 87.8 cm³/mol. The lowest BCUT2D eigenvalue weighted by Gasteiger charge is -2.31. The highest BCUT2D eigenvalue weighted by atomic mass is 35.5. The summed E-state index contributed by atoms with van der Waals surface area (Å²) < 4.78 is 5.06. The van der Waals surface area contributed by atoms with Crippen LogP contribution in [-0.4, -0.2) is 32.8 Å². The third-order valence-corrected chi connectivity index (χ3v) is 3.63. The molecule has 3 nitrogen and oxygen atoms in total. The Labute approximate surface area is 128 Å². The van der Waals surface area contributed by atoms with Gasteiger partial charge in [-0.25, -0.2) is 0 Å². The van der Waals surface area contributed by atoms with Crippen LogP contribution >= 0.6 is 11.6 Å². The number of anilines is 1. The molecule has 0 amide bonds. The highest BCUT2D eigenvalue weighted by molar-refractivity contribution is 6.31. The van der Waals surface area contributed by atoms with Gasteiger partial charge >= 0.3 is 0 Å². The van der Waals surface area contributed by atoms with Crippen molar-refractivity contribution >= 4 is 17.3 Å². The average molecular weight is 299 g/mol. The molecule has 0 spiro atoms. The van der Waals surface area contributed by atoms with E-state index in [1.54, 1.807) is 7.11 Å². The number of hydrogen-bond acceptors (Lipinski definition) is 3. The van der Waals surface area contributed by atoms with E-state index in [-0.39, 0.29) is 0 Å². The lowest BCUT2D eigenvalue weighted by Crippen LogP contribution is -2.33. The van der Waals surface area contributed by atoms with Crippen molar-refractivity contribution in [3.8, 4) is 0 Å². The zero-order valence-electron chi connectivity index (χ0n) is 13.1. The second-order valence-corrected chi connectivity index (χ2v) is 5.60. The van der Waals surface area contributed by atoms with Crippen LogP contribution in [0.25, 0.3) is 0 Å². The van der Waals surface area contributed by atoms with E-state index in [1.807, 2.05) is 12.1 Å². The molecule has 0 fully saturated rings.